The van der Waals surface area contributed by atoms with E-state index >= 15 is 0 Å². The van der Waals surface area contributed by atoms with Gasteiger partial charge in [0.15, 0.2) is 0 Å². The average molecular weight is 248 g/mol. The van der Waals surface area contributed by atoms with Crippen molar-refractivity contribution in [2.24, 2.45) is 7.05 Å². The molecule has 1 heterocycles. The van der Waals surface area contributed by atoms with Gasteiger partial charge in [-0.1, -0.05) is 0 Å². The molecule has 1 aromatic heterocycles. The van der Waals surface area contributed by atoms with Gasteiger partial charge in [0.2, 0.25) is 0 Å². The maximum atomic E-state index is 10.1. The van der Waals surface area contributed by atoms with Crippen molar-refractivity contribution in [1.29, 1.82) is 0 Å². The second-order valence-electron chi connectivity index (χ2n) is 2.56. The van der Waals surface area contributed by atoms with Gasteiger partial charge in [-0.3, -0.25) is 4.68 Å². The van der Waals surface area contributed by atoms with Crippen molar-refractivity contribution in [3.05, 3.63) is 16.4 Å². The van der Waals surface area contributed by atoms with Gasteiger partial charge in [-0.05, 0) is 22.0 Å². The maximum absolute atomic E-state index is 10.1. The first-order valence-electron chi connectivity index (χ1n) is 3.75. The normalized spacial score (nSPS) is 10.0. The quantitative estimate of drug-likeness (QED) is 0.838. The molecule has 0 radical (unpaired) electrons. The molecule has 0 spiro atoms. The van der Waals surface area contributed by atoms with Crippen LogP contribution >= 0.6 is 15.9 Å². The first-order valence-corrected chi connectivity index (χ1v) is 4.54. The number of amides is 1. The highest BCUT2D eigenvalue weighted by atomic mass is 79.9. The number of aryl methyl sites for hydroxylation is 1. The molecule has 1 aromatic rings. The third kappa shape index (κ3) is 3.06. The summed E-state index contributed by atoms with van der Waals surface area (Å²) in [6.45, 7) is 0.388. The Hall–Kier alpha value is -1.04. The zero-order valence-corrected chi connectivity index (χ0v) is 8.71. The highest BCUT2D eigenvalue weighted by molar-refractivity contribution is 9.10. The second kappa shape index (κ2) is 4.27. The summed E-state index contributed by atoms with van der Waals surface area (Å²) in [4.78, 5) is 10.1. The van der Waals surface area contributed by atoms with E-state index in [9.17, 15) is 4.79 Å². The Morgan fingerprint density at radius 2 is 2.54 bits per heavy atom. The molecule has 0 aliphatic carbocycles. The Morgan fingerprint density at radius 3 is 3.00 bits per heavy atom. The second-order valence-corrected chi connectivity index (χ2v) is 3.38. The molecule has 0 fully saturated rings. The molecule has 72 valence electrons. The van der Waals surface area contributed by atoms with Crippen molar-refractivity contribution < 1.29 is 9.90 Å². The van der Waals surface area contributed by atoms with E-state index in [1.165, 1.54) is 0 Å². The van der Waals surface area contributed by atoms with Crippen molar-refractivity contribution in [3.8, 4) is 0 Å². The minimum atomic E-state index is -1.00. The number of hydrogen-bond donors (Lipinski definition) is 2. The molecule has 0 saturated carbocycles. The van der Waals surface area contributed by atoms with Crippen LogP contribution in [0.5, 0.6) is 0 Å². The molecule has 0 bridgehead atoms. The predicted octanol–water partition coefficient (Wildman–Crippen LogP) is 0.993. The molecule has 0 unspecified atom stereocenters. The Labute approximate surface area is 83.9 Å². The molecule has 0 atom stereocenters. The number of hydrogen-bond acceptors (Lipinski definition) is 2. The van der Waals surface area contributed by atoms with Crippen LogP contribution in [0.3, 0.4) is 0 Å². The van der Waals surface area contributed by atoms with E-state index in [0.29, 0.717) is 13.0 Å². The largest absolute Gasteiger partial charge is 0.465 e. The number of rotatable bonds is 3. The molecule has 13 heavy (non-hydrogen) atoms. The third-order valence-corrected chi connectivity index (χ3v) is 2.27. The summed E-state index contributed by atoms with van der Waals surface area (Å²) in [5, 5.41) is 14.7. The number of carboxylic acid groups (broad SMARTS) is 1. The Kier molecular flexibility index (Phi) is 3.30. The summed E-state index contributed by atoms with van der Waals surface area (Å²) in [5.41, 5.74) is 0.864. The van der Waals surface area contributed by atoms with Gasteiger partial charge in [-0.25, -0.2) is 4.79 Å². The molecule has 0 saturated heterocycles. The Bertz CT molecular complexity index is 291. The van der Waals surface area contributed by atoms with Gasteiger partial charge in [0.05, 0.1) is 5.69 Å². The summed E-state index contributed by atoms with van der Waals surface area (Å²) in [6, 6.07) is 1.86. The molecule has 1 rings (SSSR count). The molecular formula is C7H10BrN3O2. The number of aromatic nitrogens is 2. The van der Waals surface area contributed by atoms with E-state index in [0.717, 1.165) is 10.3 Å². The fourth-order valence-electron chi connectivity index (χ4n) is 0.920. The fraction of sp³-hybridized carbons (Fsp3) is 0.429. The van der Waals surface area contributed by atoms with Crippen LogP contribution in [0, 0.1) is 0 Å². The zero-order chi connectivity index (χ0) is 9.84. The van der Waals surface area contributed by atoms with Gasteiger partial charge in [-0.2, -0.15) is 5.10 Å². The lowest BCUT2D eigenvalue weighted by molar-refractivity contribution is 0.194. The standard InChI is InChI=1S/C7H10BrN3O2/c1-11-6(8)4-5(10-11)2-3-9-7(12)13/h4,9H,2-3H2,1H3,(H,12,13). The van der Waals surface area contributed by atoms with Gasteiger partial charge in [-0.15, -0.1) is 0 Å². The van der Waals surface area contributed by atoms with Crippen LogP contribution in [-0.2, 0) is 13.5 Å². The SMILES string of the molecule is Cn1nc(CCNC(=O)O)cc1Br. The van der Waals surface area contributed by atoms with Gasteiger partial charge in [0.25, 0.3) is 0 Å². The summed E-state index contributed by atoms with van der Waals surface area (Å²) >= 11 is 3.30. The summed E-state index contributed by atoms with van der Waals surface area (Å²) in [5.74, 6) is 0. The van der Waals surface area contributed by atoms with Gasteiger partial charge in [0.1, 0.15) is 4.60 Å². The van der Waals surface area contributed by atoms with E-state index in [2.05, 4.69) is 26.3 Å². The number of nitrogens with one attached hydrogen (secondary N) is 1. The lowest BCUT2D eigenvalue weighted by Gasteiger charge is -1.96. The zero-order valence-electron chi connectivity index (χ0n) is 7.12. The topological polar surface area (TPSA) is 67.2 Å². The molecule has 2 N–H and O–H groups in total. The molecule has 1 amide bonds. The van der Waals surface area contributed by atoms with Crippen molar-refractivity contribution in [2.75, 3.05) is 6.54 Å². The smallest absolute Gasteiger partial charge is 0.404 e. The van der Waals surface area contributed by atoms with Gasteiger partial charge in [0, 0.05) is 20.0 Å². The van der Waals surface area contributed by atoms with Crippen LogP contribution in [0.15, 0.2) is 10.7 Å². The molecule has 5 nitrogen and oxygen atoms in total. The Morgan fingerprint density at radius 1 is 1.85 bits per heavy atom. The number of halogens is 1. The third-order valence-electron chi connectivity index (χ3n) is 1.53. The fourth-order valence-corrected chi connectivity index (χ4v) is 1.26. The highest BCUT2D eigenvalue weighted by Gasteiger charge is 2.02. The van der Waals surface area contributed by atoms with Crippen molar-refractivity contribution in [2.45, 2.75) is 6.42 Å². The van der Waals surface area contributed by atoms with Crippen molar-refractivity contribution in [1.82, 2.24) is 15.1 Å². The van der Waals surface area contributed by atoms with Gasteiger partial charge < -0.3 is 10.4 Å². The lowest BCUT2D eigenvalue weighted by Crippen LogP contribution is -2.23. The van der Waals surface area contributed by atoms with Crippen LogP contribution in [0.1, 0.15) is 5.69 Å². The summed E-state index contributed by atoms with van der Waals surface area (Å²) in [7, 11) is 1.82. The molecular weight excluding hydrogens is 238 g/mol. The van der Waals surface area contributed by atoms with Crippen LogP contribution in [-0.4, -0.2) is 27.5 Å². The van der Waals surface area contributed by atoms with Crippen LogP contribution in [0.4, 0.5) is 4.79 Å². The first kappa shape index (κ1) is 10.0. The molecule has 0 aliphatic rings. The summed E-state index contributed by atoms with van der Waals surface area (Å²) in [6.07, 6.45) is -0.402. The average Bonchev–Trinajstić information content (AvgIpc) is 2.30. The minimum Gasteiger partial charge on any atom is -0.465 e. The van der Waals surface area contributed by atoms with E-state index in [-0.39, 0.29) is 0 Å². The maximum Gasteiger partial charge on any atom is 0.404 e. The van der Waals surface area contributed by atoms with Crippen LogP contribution < -0.4 is 5.32 Å². The van der Waals surface area contributed by atoms with Crippen LogP contribution in [0.25, 0.3) is 0 Å². The lowest BCUT2D eigenvalue weighted by atomic mass is 10.3. The van der Waals surface area contributed by atoms with Crippen molar-refractivity contribution in [3.63, 3.8) is 0 Å². The molecule has 6 heteroatoms. The highest BCUT2D eigenvalue weighted by Crippen LogP contribution is 2.09. The van der Waals surface area contributed by atoms with Gasteiger partial charge >= 0.3 is 6.09 Å². The van der Waals surface area contributed by atoms with Crippen LogP contribution in [0.2, 0.25) is 0 Å². The predicted molar refractivity (Wildman–Crippen MR) is 50.6 cm³/mol. The van der Waals surface area contributed by atoms with E-state index in [4.69, 9.17) is 5.11 Å². The van der Waals surface area contributed by atoms with E-state index in [1.54, 1.807) is 4.68 Å². The first-order chi connectivity index (χ1) is 6.09. The van der Waals surface area contributed by atoms with Crippen molar-refractivity contribution >= 4 is 22.0 Å². The molecule has 0 aliphatic heterocycles. The monoisotopic (exact) mass is 247 g/mol. The van der Waals surface area contributed by atoms with E-state index in [1.807, 2.05) is 13.1 Å². The number of nitrogens with zero attached hydrogens (tertiary/aromatic N) is 2. The number of carbonyl (C=O) groups is 1. The Balaban J connectivity index is 2.41. The molecule has 0 aromatic carbocycles. The summed E-state index contributed by atoms with van der Waals surface area (Å²) < 4.78 is 2.58. The minimum absolute atomic E-state index is 0.388. The van der Waals surface area contributed by atoms with E-state index < -0.39 is 6.09 Å².